The molecule has 0 saturated carbocycles. The summed E-state index contributed by atoms with van der Waals surface area (Å²) in [7, 11) is 1.59. The summed E-state index contributed by atoms with van der Waals surface area (Å²) in [6, 6.07) is 2.10. The van der Waals surface area contributed by atoms with Crippen LogP contribution in [0, 0.1) is 6.92 Å². The number of likely N-dealkylation sites (tertiary alicyclic amines) is 1. The summed E-state index contributed by atoms with van der Waals surface area (Å²) in [4.78, 5) is 16.0. The molecule has 1 aliphatic rings. The second kappa shape index (κ2) is 4.66. The largest absolute Gasteiger partial charge is 0.495 e. The Hall–Kier alpha value is -1.07. The summed E-state index contributed by atoms with van der Waals surface area (Å²) in [5.41, 5.74) is 5.94. The molecule has 0 unspecified atom stereocenters. The van der Waals surface area contributed by atoms with Gasteiger partial charge in [-0.25, -0.2) is 0 Å². The fourth-order valence-electron chi connectivity index (χ4n) is 2.17. The number of amides is 1. The van der Waals surface area contributed by atoms with Crippen molar-refractivity contribution in [2.45, 2.75) is 32.4 Å². The third kappa shape index (κ3) is 2.17. The summed E-state index contributed by atoms with van der Waals surface area (Å²) in [5.74, 6) is 0.713. The molecule has 2 N–H and O–H groups in total. The first-order valence-electron chi connectivity index (χ1n) is 5.75. The highest BCUT2D eigenvalue weighted by molar-refractivity contribution is 7.14. The van der Waals surface area contributed by atoms with Crippen LogP contribution in [0.5, 0.6) is 5.75 Å². The molecule has 1 aromatic rings. The zero-order valence-electron chi connectivity index (χ0n) is 10.4. The lowest BCUT2D eigenvalue weighted by Gasteiger charge is -2.22. The number of nitrogens with two attached hydrogens (primary N) is 1. The van der Waals surface area contributed by atoms with E-state index in [9.17, 15) is 4.79 Å². The Kier molecular flexibility index (Phi) is 3.40. The minimum absolute atomic E-state index is 0.0420. The van der Waals surface area contributed by atoms with Gasteiger partial charge in [0.2, 0.25) is 0 Å². The number of carbonyl (C=O) groups excluding carboxylic acids is 1. The van der Waals surface area contributed by atoms with Crippen LogP contribution >= 0.6 is 11.3 Å². The molecule has 1 fully saturated rings. The Bertz CT molecular complexity index is 430. The molecule has 1 aliphatic heterocycles. The molecule has 0 bridgehead atoms. The molecular formula is C12H18N2O2S. The smallest absolute Gasteiger partial charge is 0.268 e. The average Bonchev–Trinajstić information content (AvgIpc) is 2.83. The van der Waals surface area contributed by atoms with Gasteiger partial charge >= 0.3 is 0 Å². The summed E-state index contributed by atoms with van der Waals surface area (Å²) >= 11 is 1.48. The number of ether oxygens (including phenoxy) is 1. The van der Waals surface area contributed by atoms with Gasteiger partial charge in [-0.15, -0.1) is 11.3 Å². The lowest BCUT2D eigenvalue weighted by molar-refractivity contribution is 0.0744. The van der Waals surface area contributed by atoms with E-state index in [0.717, 1.165) is 17.8 Å². The number of hydrogen-bond acceptors (Lipinski definition) is 4. The molecule has 2 atom stereocenters. The third-order valence-corrected chi connectivity index (χ3v) is 4.33. The van der Waals surface area contributed by atoms with Crippen LogP contribution in [0.3, 0.4) is 0 Å². The summed E-state index contributed by atoms with van der Waals surface area (Å²) < 4.78 is 5.24. The van der Waals surface area contributed by atoms with Crippen molar-refractivity contribution in [3.8, 4) is 5.75 Å². The summed E-state index contributed by atoms with van der Waals surface area (Å²) in [5, 5.41) is 0. The number of methoxy groups -OCH3 is 1. The van der Waals surface area contributed by atoms with E-state index in [2.05, 4.69) is 0 Å². The Morgan fingerprint density at radius 2 is 2.35 bits per heavy atom. The molecule has 1 amide bonds. The Labute approximate surface area is 105 Å². The van der Waals surface area contributed by atoms with E-state index in [1.807, 2.05) is 24.8 Å². The first kappa shape index (κ1) is 12.4. The van der Waals surface area contributed by atoms with E-state index >= 15 is 0 Å². The van der Waals surface area contributed by atoms with Gasteiger partial charge in [0.05, 0.1) is 7.11 Å². The molecule has 4 nitrogen and oxygen atoms in total. The van der Waals surface area contributed by atoms with Crippen LogP contribution in [0.2, 0.25) is 0 Å². The number of thiophene rings is 1. The lowest BCUT2D eigenvalue weighted by Crippen LogP contribution is -2.40. The van der Waals surface area contributed by atoms with Gasteiger partial charge in [-0.2, -0.15) is 0 Å². The maximum Gasteiger partial charge on any atom is 0.268 e. The number of carbonyl (C=O) groups is 1. The van der Waals surface area contributed by atoms with Crippen molar-refractivity contribution in [2.75, 3.05) is 13.7 Å². The van der Waals surface area contributed by atoms with Crippen LogP contribution < -0.4 is 10.5 Å². The van der Waals surface area contributed by atoms with Crippen molar-refractivity contribution < 1.29 is 9.53 Å². The van der Waals surface area contributed by atoms with Crippen molar-refractivity contribution in [1.29, 1.82) is 0 Å². The van der Waals surface area contributed by atoms with Gasteiger partial charge in [0.1, 0.15) is 10.6 Å². The van der Waals surface area contributed by atoms with Crippen LogP contribution in [0.1, 0.15) is 27.9 Å². The molecule has 17 heavy (non-hydrogen) atoms. The first-order valence-corrected chi connectivity index (χ1v) is 6.57. The maximum absolute atomic E-state index is 12.4. The highest BCUT2D eigenvalue weighted by atomic mass is 32.1. The van der Waals surface area contributed by atoms with E-state index in [1.165, 1.54) is 11.3 Å². The monoisotopic (exact) mass is 254 g/mol. The molecule has 2 rings (SSSR count). The molecule has 1 aromatic heterocycles. The van der Waals surface area contributed by atoms with Crippen molar-refractivity contribution >= 4 is 17.2 Å². The fourth-order valence-corrected chi connectivity index (χ4v) is 3.11. The van der Waals surface area contributed by atoms with Gasteiger partial charge in [-0.3, -0.25) is 4.79 Å². The van der Waals surface area contributed by atoms with E-state index in [4.69, 9.17) is 10.5 Å². The zero-order chi connectivity index (χ0) is 12.6. The Balaban J connectivity index is 2.25. The van der Waals surface area contributed by atoms with E-state index < -0.39 is 0 Å². The number of nitrogens with zero attached hydrogens (tertiary/aromatic N) is 1. The predicted molar refractivity (Wildman–Crippen MR) is 68.7 cm³/mol. The number of rotatable bonds is 2. The van der Waals surface area contributed by atoms with Crippen molar-refractivity contribution in [3.05, 3.63) is 15.8 Å². The summed E-state index contributed by atoms with van der Waals surface area (Å²) in [6.07, 6.45) is 0.875. The van der Waals surface area contributed by atoms with Crippen LogP contribution in [-0.4, -0.2) is 36.5 Å². The summed E-state index contributed by atoms with van der Waals surface area (Å²) in [6.45, 7) is 4.72. The Morgan fingerprint density at radius 3 is 2.88 bits per heavy atom. The van der Waals surface area contributed by atoms with Crippen molar-refractivity contribution in [1.82, 2.24) is 4.90 Å². The Morgan fingerprint density at radius 1 is 1.65 bits per heavy atom. The molecule has 0 aliphatic carbocycles. The third-order valence-electron chi connectivity index (χ3n) is 3.31. The second-order valence-corrected chi connectivity index (χ2v) is 5.70. The highest BCUT2D eigenvalue weighted by Gasteiger charge is 2.33. The highest BCUT2D eigenvalue weighted by Crippen LogP contribution is 2.31. The van der Waals surface area contributed by atoms with Crippen LogP contribution in [0.15, 0.2) is 6.07 Å². The first-order chi connectivity index (χ1) is 8.04. The standard InChI is InChI=1S/C12H18N2O2S/c1-7-6-10(16-3)11(17-7)12(15)14-5-4-9(13)8(14)2/h6,8-9H,4-5,13H2,1-3H3/t8-,9-/m0/s1. The molecule has 0 aromatic carbocycles. The van der Waals surface area contributed by atoms with Gasteiger partial charge in [0, 0.05) is 23.5 Å². The SMILES string of the molecule is COc1cc(C)sc1C(=O)N1CC[C@H](N)[C@@H]1C. The fraction of sp³-hybridized carbons (Fsp3) is 0.583. The van der Waals surface area contributed by atoms with Gasteiger partial charge in [-0.1, -0.05) is 0 Å². The van der Waals surface area contributed by atoms with E-state index in [0.29, 0.717) is 10.6 Å². The average molecular weight is 254 g/mol. The van der Waals surface area contributed by atoms with Crippen LogP contribution in [-0.2, 0) is 0 Å². The number of hydrogen-bond donors (Lipinski definition) is 1. The van der Waals surface area contributed by atoms with Crippen molar-refractivity contribution in [3.63, 3.8) is 0 Å². The molecule has 5 heteroatoms. The van der Waals surface area contributed by atoms with E-state index in [1.54, 1.807) is 7.11 Å². The van der Waals surface area contributed by atoms with Gasteiger partial charge < -0.3 is 15.4 Å². The normalized spacial score (nSPS) is 24.1. The minimum Gasteiger partial charge on any atom is -0.495 e. The molecule has 0 spiro atoms. The second-order valence-electron chi connectivity index (χ2n) is 4.45. The molecular weight excluding hydrogens is 236 g/mol. The van der Waals surface area contributed by atoms with Crippen molar-refractivity contribution in [2.24, 2.45) is 5.73 Å². The quantitative estimate of drug-likeness (QED) is 0.872. The molecule has 1 saturated heterocycles. The van der Waals surface area contributed by atoms with Gasteiger partial charge in [0.15, 0.2) is 0 Å². The molecule has 2 heterocycles. The minimum atomic E-state index is 0.0420. The molecule has 94 valence electrons. The topological polar surface area (TPSA) is 55.6 Å². The maximum atomic E-state index is 12.4. The van der Waals surface area contributed by atoms with Gasteiger partial charge in [-0.05, 0) is 26.3 Å². The number of aryl methyl sites for hydroxylation is 1. The molecule has 0 radical (unpaired) electrons. The van der Waals surface area contributed by atoms with Gasteiger partial charge in [0.25, 0.3) is 5.91 Å². The lowest BCUT2D eigenvalue weighted by atomic mass is 10.2. The van der Waals surface area contributed by atoms with E-state index in [-0.39, 0.29) is 18.0 Å². The van der Waals surface area contributed by atoms with Crippen LogP contribution in [0.4, 0.5) is 0 Å². The van der Waals surface area contributed by atoms with Crippen LogP contribution in [0.25, 0.3) is 0 Å². The predicted octanol–water partition coefficient (Wildman–Crippen LogP) is 1.63. The zero-order valence-corrected chi connectivity index (χ0v) is 11.2.